The lowest BCUT2D eigenvalue weighted by Crippen LogP contribution is -2.61. The first-order chi connectivity index (χ1) is 17.0. The molecule has 0 amide bonds. The van der Waals surface area contributed by atoms with Gasteiger partial charge in [-0.25, -0.2) is 4.98 Å². The summed E-state index contributed by atoms with van der Waals surface area (Å²) in [6.07, 6.45) is -0.226. The van der Waals surface area contributed by atoms with Crippen molar-refractivity contribution in [3.63, 3.8) is 0 Å². The Labute approximate surface area is 210 Å². The van der Waals surface area contributed by atoms with Crippen molar-refractivity contribution >= 4 is 34.2 Å². The average Bonchev–Trinajstić information content (AvgIpc) is 2.78. The van der Waals surface area contributed by atoms with Crippen LogP contribution >= 0.6 is 11.6 Å². The Morgan fingerprint density at radius 2 is 1.83 bits per heavy atom. The fraction of sp³-hybridized carbons (Fsp3) is 0.407. The van der Waals surface area contributed by atoms with E-state index in [-0.39, 0.29) is 5.75 Å². The number of carboxylic acid groups (broad SMARTS) is 1. The monoisotopic (exact) mass is 516 g/mol. The number of carboxylic acids is 1. The molecule has 4 fully saturated rings. The number of fused-ring (bicyclic) bond motifs is 1. The highest BCUT2D eigenvalue weighted by molar-refractivity contribution is 6.35. The number of pyridine rings is 1. The van der Waals surface area contributed by atoms with Crippen LogP contribution in [-0.4, -0.2) is 28.0 Å². The predicted molar refractivity (Wildman–Crippen MR) is 130 cm³/mol. The van der Waals surface area contributed by atoms with E-state index in [1.807, 2.05) is 18.2 Å². The van der Waals surface area contributed by atoms with Gasteiger partial charge in [-0.15, -0.1) is 13.2 Å². The van der Waals surface area contributed by atoms with Gasteiger partial charge < -0.3 is 15.2 Å². The smallest absolute Gasteiger partial charge is 0.481 e. The zero-order valence-corrected chi connectivity index (χ0v) is 20.0. The number of anilines is 1. The van der Waals surface area contributed by atoms with Gasteiger partial charge in [0.15, 0.2) is 0 Å². The Hall–Kier alpha value is -3.00. The van der Waals surface area contributed by atoms with Crippen LogP contribution in [0.2, 0.25) is 5.02 Å². The lowest BCUT2D eigenvalue weighted by molar-refractivity contribution is -0.274. The molecule has 4 saturated carbocycles. The second kappa shape index (κ2) is 8.00. The second-order valence-corrected chi connectivity index (χ2v) is 11.1. The van der Waals surface area contributed by atoms with E-state index in [4.69, 9.17) is 11.6 Å². The Morgan fingerprint density at radius 3 is 2.53 bits per heavy atom. The molecule has 36 heavy (non-hydrogen) atoms. The van der Waals surface area contributed by atoms with Gasteiger partial charge in [0.25, 0.3) is 0 Å². The van der Waals surface area contributed by atoms with Crippen molar-refractivity contribution in [2.75, 3.05) is 5.32 Å². The van der Waals surface area contributed by atoms with Gasteiger partial charge >= 0.3 is 12.3 Å². The summed E-state index contributed by atoms with van der Waals surface area (Å²) in [4.78, 5) is 17.0. The highest BCUT2D eigenvalue weighted by Gasteiger charge is 2.61. The van der Waals surface area contributed by atoms with Crippen LogP contribution in [0.25, 0.3) is 22.2 Å². The van der Waals surface area contributed by atoms with Crippen molar-refractivity contribution in [3.05, 3.63) is 53.6 Å². The maximum atomic E-state index is 13.0. The maximum Gasteiger partial charge on any atom is 0.573 e. The van der Waals surface area contributed by atoms with E-state index in [0.717, 1.165) is 24.6 Å². The first-order valence-corrected chi connectivity index (χ1v) is 12.4. The number of aromatic nitrogens is 1. The standard InChI is InChI=1S/C27H24ClF3N2O3/c28-20-3-1-2-17-4-6-21(32-23(17)20)19-9-18(36-27(29,30)31)5-7-22(19)33-26-12-15-8-16(13-26)11-25(10-15,14-26)24(34)35/h1-7,9,15-16,33H,8,10-14H2,(H,34,35). The van der Waals surface area contributed by atoms with Gasteiger partial charge in [0.1, 0.15) is 5.75 Å². The third-order valence-corrected chi connectivity index (χ3v) is 8.39. The van der Waals surface area contributed by atoms with Crippen LogP contribution in [0.4, 0.5) is 18.9 Å². The molecule has 0 radical (unpaired) electrons. The molecular formula is C27H24ClF3N2O3. The quantitative estimate of drug-likeness (QED) is 0.372. The number of hydrogen-bond donors (Lipinski definition) is 2. The molecule has 1 heterocycles. The zero-order chi connectivity index (χ0) is 25.3. The van der Waals surface area contributed by atoms with Crippen LogP contribution < -0.4 is 10.1 Å². The van der Waals surface area contributed by atoms with Gasteiger partial charge in [-0.2, -0.15) is 0 Å². The van der Waals surface area contributed by atoms with Crippen molar-refractivity contribution in [1.29, 1.82) is 0 Å². The molecule has 1 aromatic heterocycles. The summed E-state index contributed by atoms with van der Waals surface area (Å²) in [5, 5.41) is 15.0. The molecule has 5 nitrogen and oxygen atoms in total. The molecule has 2 atom stereocenters. The van der Waals surface area contributed by atoms with E-state index in [2.05, 4.69) is 15.0 Å². The molecular weight excluding hydrogens is 493 g/mol. The van der Waals surface area contributed by atoms with E-state index in [1.165, 1.54) is 12.1 Å². The zero-order valence-electron chi connectivity index (χ0n) is 19.2. The molecule has 9 heteroatoms. The largest absolute Gasteiger partial charge is 0.573 e. The van der Waals surface area contributed by atoms with Crippen molar-refractivity contribution in [3.8, 4) is 17.0 Å². The van der Waals surface area contributed by atoms with Crippen molar-refractivity contribution in [1.82, 2.24) is 4.98 Å². The molecule has 0 spiro atoms. The Kier molecular flexibility index (Phi) is 5.20. The van der Waals surface area contributed by atoms with Crippen molar-refractivity contribution in [2.24, 2.45) is 17.3 Å². The van der Waals surface area contributed by atoms with Gasteiger partial charge in [0.05, 0.1) is 21.6 Å². The third-order valence-electron chi connectivity index (χ3n) is 8.09. The van der Waals surface area contributed by atoms with Crippen LogP contribution in [0.5, 0.6) is 5.75 Å². The number of halogens is 4. The molecule has 3 aromatic rings. The Bertz CT molecular complexity index is 1360. The van der Waals surface area contributed by atoms with Gasteiger partial charge in [-0.1, -0.05) is 29.8 Å². The predicted octanol–water partition coefficient (Wildman–Crippen LogP) is 7.29. The summed E-state index contributed by atoms with van der Waals surface area (Å²) in [5.74, 6) is -0.452. The first-order valence-electron chi connectivity index (χ1n) is 12.0. The first kappa shape index (κ1) is 23.4. The number of alkyl halides is 3. The molecule has 2 N–H and O–H groups in total. The normalized spacial score (nSPS) is 28.9. The van der Waals surface area contributed by atoms with Crippen LogP contribution in [-0.2, 0) is 4.79 Å². The molecule has 4 aliphatic carbocycles. The number of benzene rings is 2. The number of rotatable bonds is 5. The van der Waals surface area contributed by atoms with E-state index in [9.17, 15) is 23.1 Å². The van der Waals surface area contributed by atoms with Crippen molar-refractivity contribution in [2.45, 2.75) is 50.4 Å². The molecule has 188 valence electrons. The third kappa shape index (κ3) is 4.05. The van der Waals surface area contributed by atoms with Gasteiger partial charge in [0, 0.05) is 22.2 Å². The number of aliphatic carboxylic acids is 1. The fourth-order valence-electron chi connectivity index (χ4n) is 7.25. The minimum atomic E-state index is -4.83. The minimum Gasteiger partial charge on any atom is -0.481 e. The summed E-state index contributed by atoms with van der Waals surface area (Å²) in [7, 11) is 0. The molecule has 7 rings (SSSR count). The van der Waals surface area contributed by atoms with Crippen LogP contribution in [0, 0.1) is 17.3 Å². The molecule has 2 unspecified atom stereocenters. The van der Waals surface area contributed by atoms with Crippen LogP contribution in [0.1, 0.15) is 38.5 Å². The van der Waals surface area contributed by atoms with Crippen molar-refractivity contribution < 1.29 is 27.8 Å². The number of nitrogens with zero attached hydrogens (tertiary/aromatic N) is 1. The minimum absolute atomic E-state index is 0.323. The van der Waals surface area contributed by atoms with Gasteiger partial charge in [-0.05, 0) is 80.7 Å². The highest BCUT2D eigenvalue weighted by atomic mass is 35.5. The number of ether oxygens (including phenoxy) is 1. The lowest BCUT2D eigenvalue weighted by atomic mass is 9.47. The van der Waals surface area contributed by atoms with Crippen LogP contribution in [0.15, 0.2) is 48.5 Å². The van der Waals surface area contributed by atoms with E-state index < -0.39 is 23.3 Å². The molecule has 4 bridgehead atoms. The average molecular weight is 517 g/mol. The van der Waals surface area contributed by atoms with Gasteiger partial charge in [-0.3, -0.25) is 4.79 Å². The summed E-state index contributed by atoms with van der Waals surface area (Å²) >= 11 is 6.36. The number of hydrogen-bond acceptors (Lipinski definition) is 4. The number of carbonyl (C=O) groups is 1. The second-order valence-electron chi connectivity index (χ2n) is 10.7. The highest BCUT2D eigenvalue weighted by Crippen LogP contribution is 2.62. The Balaban J connectivity index is 1.44. The van der Waals surface area contributed by atoms with Gasteiger partial charge in [0.2, 0.25) is 0 Å². The fourth-order valence-corrected chi connectivity index (χ4v) is 7.47. The summed E-state index contributed by atoms with van der Waals surface area (Å²) < 4.78 is 43.3. The number of nitrogens with one attached hydrogen (secondary N) is 1. The van der Waals surface area contributed by atoms with E-state index in [1.54, 1.807) is 18.2 Å². The SMILES string of the molecule is O=C(O)C12CC3CC(CC(Nc4ccc(OC(F)(F)F)cc4-c4ccc5cccc(Cl)c5n4)(C3)C1)C2. The Morgan fingerprint density at radius 1 is 1.08 bits per heavy atom. The molecule has 4 aliphatic rings. The number of para-hydroxylation sites is 1. The summed E-state index contributed by atoms with van der Waals surface area (Å²) in [5.41, 5.74) is 0.862. The maximum absolute atomic E-state index is 13.0. The molecule has 2 aromatic carbocycles. The van der Waals surface area contributed by atoms with E-state index in [0.29, 0.717) is 58.6 Å². The molecule has 0 aliphatic heterocycles. The summed E-state index contributed by atoms with van der Waals surface area (Å²) in [6, 6.07) is 13.1. The molecule has 0 saturated heterocycles. The van der Waals surface area contributed by atoms with E-state index >= 15 is 0 Å². The van der Waals surface area contributed by atoms with Crippen LogP contribution in [0.3, 0.4) is 0 Å². The lowest BCUT2D eigenvalue weighted by Gasteiger charge is -2.61. The topological polar surface area (TPSA) is 71.5 Å². The summed E-state index contributed by atoms with van der Waals surface area (Å²) in [6.45, 7) is 0.